The molecule has 2 heterocycles. The minimum absolute atomic E-state index is 0.0741. The van der Waals surface area contributed by atoms with Crippen molar-refractivity contribution in [2.24, 2.45) is 5.41 Å². The maximum atomic E-state index is 13.6. The van der Waals surface area contributed by atoms with Crippen molar-refractivity contribution >= 4 is 27.5 Å². The fourth-order valence-electron chi connectivity index (χ4n) is 4.93. The summed E-state index contributed by atoms with van der Waals surface area (Å²) in [6, 6.07) is 13.6. The predicted molar refractivity (Wildman–Crippen MR) is 135 cm³/mol. The highest BCUT2D eigenvalue weighted by Gasteiger charge is 2.43. The highest BCUT2D eigenvalue weighted by Crippen LogP contribution is 2.38. The lowest BCUT2D eigenvalue weighted by Crippen LogP contribution is -2.51. The summed E-state index contributed by atoms with van der Waals surface area (Å²) in [5.74, 6) is 1.21. The van der Waals surface area contributed by atoms with E-state index in [-0.39, 0.29) is 30.4 Å². The average Bonchev–Trinajstić information content (AvgIpc) is 2.89. The van der Waals surface area contributed by atoms with E-state index in [9.17, 15) is 13.2 Å². The lowest BCUT2D eigenvalue weighted by molar-refractivity contribution is -0.136. The summed E-state index contributed by atoms with van der Waals surface area (Å²) >= 11 is 6.00. The molecule has 0 aromatic heterocycles. The highest BCUT2D eigenvalue weighted by molar-refractivity contribution is 7.89. The number of methoxy groups -OCH3 is 1. The second kappa shape index (κ2) is 11.2. The Morgan fingerprint density at radius 3 is 2.46 bits per heavy atom. The summed E-state index contributed by atoms with van der Waals surface area (Å²) in [6.07, 6.45) is 4.78. The van der Waals surface area contributed by atoms with Gasteiger partial charge in [-0.1, -0.05) is 17.7 Å². The van der Waals surface area contributed by atoms with Gasteiger partial charge in [-0.25, -0.2) is 8.42 Å². The molecule has 2 aliphatic heterocycles. The van der Waals surface area contributed by atoms with Gasteiger partial charge in [0.05, 0.1) is 18.6 Å². The number of carbonyl (C=O) groups excluding carboxylic acids is 1. The zero-order valence-corrected chi connectivity index (χ0v) is 21.7. The minimum atomic E-state index is -3.76. The molecule has 2 fully saturated rings. The molecular weight excluding hydrogens is 488 g/mol. The van der Waals surface area contributed by atoms with Crippen LogP contribution < -0.4 is 9.47 Å². The summed E-state index contributed by atoms with van der Waals surface area (Å²) in [5.41, 5.74) is -0.627. The number of likely N-dealkylation sites (tertiary alicyclic amines) is 1. The zero-order chi connectivity index (χ0) is 24.9. The fourth-order valence-corrected chi connectivity index (χ4v) is 6.69. The van der Waals surface area contributed by atoms with Crippen molar-refractivity contribution in [3.63, 3.8) is 0 Å². The Bertz CT molecular complexity index is 1120. The number of benzene rings is 2. The Hall–Kier alpha value is -2.29. The number of carbonyl (C=O) groups is 1. The molecule has 2 saturated heterocycles. The van der Waals surface area contributed by atoms with Crippen molar-refractivity contribution in [3.05, 3.63) is 53.6 Å². The number of nitrogens with zero attached hydrogens (tertiary/aromatic N) is 2. The molecule has 9 heteroatoms. The monoisotopic (exact) mass is 520 g/mol. The summed E-state index contributed by atoms with van der Waals surface area (Å²) in [6.45, 7) is 2.40. The van der Waals surface area contributed by atoms with E-state index in [0.717, 1.165) is 32.4 Å². The number of hydrogen-bond acceptors (Lipinski definition) is 5. The van der Waals surface area contributed by atoms with Crippen molar-refractivity contribution in [1.82, 2.24) is 9.21 Å². The third kappa shape index (κ3) is 6.29. The van der Waals surface area contributed by atoms with E-state index >= 15 is 0 Å². The Labute approximate surface area is 213 Å². The zero-order valence-electron chi connectivity index (χ0n) is 20.1. The third-order valence-electron chi connectivity index (χ3n) is 6.90. The molecule has 1 unspecified atom stereocenters. The molecule has 0 spiro atoms. The molecule has 35 heavy (non-hydrogen) atoms. The first-order chi connectivity index (χ1) is 16.8. The van der Waals surface area contributed by atoms with E-state index < -0.39 is 15.4 Å². The van der Waals surface area contributed by atoms with Gasteiger partial charge in [0.1, 0.15) is 11.5 Å². The molecule has 2 aliphatic rings. The molecule has 0 aliphatic carbocycles. The molecule has 190 valence electrons. The van der Waals surface area contributed by atoms with Gasteiger partial charge < -0.3 is 14.4 Å². The van der Waals surface area contributed by atoms with Gasteiger partial charge in [-0.15, -0.1) is 0 Å². The molecule has 0 saturated carbocycles. The van der Waals surface area contributed by atoms with Crippen LogP contribution in [0.3, 0.4) is 0 Å². The van der Waals surface area contributed by atoms with Gasteiger partial charge in [0, 0.05) is 49.1 Å². The van der Waals surface area contributed by atoms with Gasteiger partial charge in [0.2, 0.25) is 15.9 Å². The van der Waals surface area contributed by atoms with Crippen LogP contribution in [-0.2, 0) is 14.8 Å². The third-order valence-corrected chi connectivity index (χ3v) is 8.99. The molecule has 2 aromatic carbocycles. The van der Waals surface area contributed by atoms with Crippen molar-refractivity contribution in [2.75, 3.05) is 39.9 Å². The van der Waals surface area contributed by atoms with E-state index in [2.05, 4.69) is 0 Å². The first-order valence-electron chi connectivity index (χ1n) is 12.1. The molecule has 1 amide bonds. The quantitative estimate of drug-likeness (QED) is 0.508. The maximum absolute atomic E-state index is 13.6. The Morgan fingerprint density at radius 1 is 1.00 bits per heavy atom. The lowest BCUT2D eigenvalue weighted by atomic mass is 9.78. The van der Waals surface area contributed by atoms with E-state index in [1.807, 2.05) is 4.90 Å². The van der Waals surface area contributed by atoms with Crippen LogP contribution in [0.15, 0.2) is 53.4 Å². The number of hydrogen-bond donors (Lipinski definition) is 0. The van der Waals surface area contributed by atoms with Crippen LogP contribution in [0.1, 0.15) is 38.5 Å². The molecule has 0 radical (unpaired) electrons. The van der Waals surface area contributed by atoms with Gasteiger partial charge in [-0.05, 0) is 68.5 Å². The first kappa shape index (κ1) is 25.8. The van der Waals surface area contributed by atoms with Crippen LogP contribution in [0, 0.1) is 5.41 Å². The number of ether oxygens (including phenoxy) is 2. The average molecular weight is 521 g/mol. The molecule has 1 atom stereocenters. The summed E-state index contributed by atoms with van der Waals surface area (Å²) in [5, 5.41) is 0.612. The SMILES string of the molecule is COc1cccc(S(=O)(=O)N2CCCC(COc3ccc(Cl)cc3)(CC(=O)N3CCCCC3)C2)c1. The highest BCUT2D eigenvalue weighted by atomic mass is 35.5. The van der Waals surface area contributed by atoms with Crippen molar-refractivity contribution in [3.8, 4) is 11.5 Å². The van der Waals surface area contributed by atoms with E-state index in [1.165, 1.54) is 17.5 Å². The molecule has 2 aromatic rings. The summed E-state index contributed by atoms with van der Waals surface area (Å²) in [4.78, 5) is 15.4. The number of sulfonamides is 1. The van der Waals surface area contributed by atoms with Crippen LogP contribution in [-0.4, -0.2) is 63.4 Å². The number of rotatable bonds is 8. The van der Waals surface area contributed by atoms with Crippen LogP contribution in [0.4, 0.5) is 0 Å². The smallest absolute Gasteiger partial charge is 0.243 e. The Kier molecular flexibility index (Phi) is 8.24. The van der Waals surface area contributed by atoms with Crippen LogP contribution in [0.25, 0.3) is 0 Å². The number of amides is 1. The molecule has 0 bridgehead atoms. The lowest BCUT2D eigenvalue weighted by Gasteiger charge is -2.42. The van der Waals surface area contributed by atoms with Crippen LogP contribution in [0.5, 0.6) is 11.5 Å². The topological polar surface area (TPSA) is 76.1 Å². The Balaban J connectivity index is 1.58. The second-order valence-electron chi connectivity index (χ2n) is 9.48. The normalized spacial score (nSPS) is 21.5. The Morgan fingerprint density at radius 2 is 1.74 bits per heavy atom. The fraction of sp³-hybridized carbons (Fsp3) is 0.500. The summed E-state index contributed by atoms with van der Waals surface area (Å²) < 4.78 is 40.0. The predicted octanol–water partition coefficient (Wildman–Crippen LogP) is 4.60. The van der Waals surface area contributed by atoms with E-state index in [0.29, 0.717) is 35.9 Å². The minimum Gasteiger partial charge on any atom is -0.497 e. The molecule has 0 N–H and O–H groups in total. The van der Waals surface area contributed by atoms with E-state index in [1.54, 1.807) is 42.5 Å². The van der Waals surface area contributed by atoms with Gasteiger partial charge in [-0.2, -0.15) is 4.31 Å². The number of piperidine rings is 2. The van der Waals surface area contributed by atoms with Crippen molar-refractivity contribution in [2.45, 2.75) is 43.4 Å². The molecular formula is C26H33ClN2O5S. The van der Waals surface area contributed by atoms with E-state index in [4.69, 9.17) is 21.1 Å². The summed E-state index contributed by atoms with van der Waals surface area (Å²) in [7, 11) is -2.25. The van der Waals surface area contributed by atoms with Crippen LogP contribution >= 0.6 is 11.6 Å². The second-order valence-corrected chi connectivity index (χ2v) is 11.9. The largest absolute Gasteiger partial charge is 0.497 e. The number of halogens is 1. The first-order valence-corrected chi connectivity index (χ1v) is 13.9. The van der Waals surface area contributed by atoms with Crippen molar-refractivity contribution in [1.29, 1.82) is 0 Å². The van der Waals surface area contributed by atoms with Gasteiger partial charge >= 0.3 is 0 Å². The van der Waals surface area contributed by atoms with Crippen LogP contribution in [0.2, 0.25) is 5.02 Å². The molecule has 4 rings (SSSR count). The standard InChI is InChI=1S/C26H33ClN2O5S/c1-33-23-7-5-8-24(17-23)35(31,32)29-16-6-13-26(19-29,18-25(30)28-14-3-2-4-15-28)20-34-22-11-9-21(27)10-12-22/h5,7-12,17H,2-4,6,13-16,18-20H2,1H3. The van der Waals surface area contributed by atoms with Gasteiger partial charge in [0.15, 0.2) is 0 Å². The van der Waals surface area contributed by atoms with Gasteiger partial charge in [-0.3, -0.25) is 4.79 Å². The van der Waals surface area contributed by atoms with Gasteiger partial charge in [0.25, 0.3) is 0 Å². The maximum Gasteiger partial charge on any atom is 0.243 e. The van der Waals surface area contributed by atoms with Crippen molar-refractivity contribution < 1.29 is 22.7 Å². The molecule has 7 nitrogen and oxygen atoms in total.